The van der Waals surface area contributed by atoms with Gasteiger partial charge in [0.15, 0.2) is 0 Å². The van der Waals surface area contributed by atoms with Crippen molar-refractivity contribution < 1.29 is 13.2 Å². The number of anilines is 1. The second-order valence-electron chi connectivity index (χ2n) is 4.33. The van der Waals surface area contributed by atoms with Gasteiger partial charge in [0.05, 0.1) is 17.2 Å². The Hall–Kier alpha value is -2.56. The number of aromatic amines is 1. The fraction of sp³-hybridized carbons (Fsp3) is 0.308. The molecule has 0 atom stereocenters. The van der Waals surface area contributed by atoms with Crippen LogP contribution in [-0.2, 0) is 12.6 Å². The number of hydrogen-bond donors (Lipinski definition) is 2. The lowest BCUT2D eigenvalue weighted by molar-refractivity contribution is -0.137. The Kier molecular flexibility index (Phi) is 4.42. The van der Waals surface area contributed by atoms with Crippen LogP contribution < -0.4 is 5.32 Å². The Labute approximate surface area is 118 Å². The molecule has 0 amide bonds. The first kappa shape index (κ1) is 14.8. The predicted octanol–water partition coefficient (Wildman–Crippen LogP) is 2.74. The van der Waals surface area contributed by atoms with Crippen LogP contribution in [0.3, 0.4) is 0 Å². The van der Waals surface area contributed by atoms with Crippen LogP contribution in [0.5, 0.6) is 0 Å². The summed E-state index contributed by atoms with van der Waals surface area (Å²) >= 11 is 0. The first-order valence-electron chi connectivity index (χ1n) is 6.20. The molecule has 2 N–H and O–H groups in total. The third-order valence-corrected chi connectivity index (χ3v) is 2.83. The molecule has 21 heavy (non-hydrogen) atoms. The van der Waals surface area contributed by atoms with Crippen LogP contribution in [-0.4, -0.2) is 21.7 Å². The van der Waals surface area contributed by atoms with Crippen molar-refractivity contribution in [2.24, 2.45) is 0 Å². The molecule has 2 aromatic rings. The van der Waals surface area contributed by atoms with Gasteiger partial charge >= 0.3 is 6.18 Å². The zero-order valence-corrected chi connectivity index (χ0v) is 10.9. The summed E-state index contributed by atoms with van der Waals surface area (Å²) in [5, 5.41) is 18.0. The lowest BCUT2D eigenvalue weighted by Gasteiger charge is -2.12. The van der Waals surface area contributed by atoms with Crippen molar-refractivity contribution in [1.82, 2.24) is 15.2 Å². The predicted molar refractivity (Wildman–Crippen MR) is 69.4 cm³/mol. The van der Waals surface area contributed by atoms with Gasteiger partial charge in [0.1, 0.15) is 12.2 Å². The van der Waals surface area contributed by atoms with Crippen molar-refractivity contribution in [3.05, 3.63) is 41.5 Å². The van der Waals surface area contributed by atoms with Crippen LogP contribution in [0.4, 0.5) is 18.9 Å². The molecule has 0 saturated carbocycles. The third kappa shape index (κ3) is 3.95. The maximum Gasteiger partial charge on any atom is 0.417 e. The average molecular weight is 295 g/mol. The highest BCUT2D eigenvalue weighted by atomic mass is 19.4. The lowest BCUT2D eigenvalue weighted by atomic mass is 10.1. The highest BCUT2D eigenvalue weighted by molar-refractivity contribution is 5.53. The molecular formula is C13H12F3N5. The second-order valence-corrected chi connectivity index (χ2v) is 4.33. The molecule has 5 nitrogen and oxygen atoms in total. The summed E-state index contributed by atoms with van der Waals surface area (Å²) in [5.41, 5.74) is -0.973. The standard InChI is InChI=1S/C13H12F3N5/c14-13(15,16)11-6-10(4-3-9(11)7-17)18-5-1-2-12-19-8-20-21-12/h3-4,6,8,18H,1-2,5H2,(H,19,20,21). The van der Waals surface area contributed by atoms with Crippen LogP contribution in [0.15, 0.2) is 24.5 Å². The Bertz CT molecular complexity index is 628. The topological polar surface area (TPSA) is 77.4 Å². The van der Waals surface area contributed by atoms with Gasteiger partial charge in [-0.25, -0.2) is 4.98 Å². The molecule has 0 unspecified atom stereocenters. The van der Waals surface area contributed by atoms with Crippen molar-refractivity contribution in [2.75, 3.05) is 11.9 Å². The first-order valence-corrected chi connectivity index (χ1v) is 6.20. The quantitative estimate of drug-likeness (QED) is 0.831. The zero-order chi connectivity index (χ0) is 15.3. The number of halogens is 3. The van der Waals surface area contributed by atoms with E-state index in [9.17, 15) is 13.2 Å². The van der Waals surface area contributed by atoms with E-state index >= 15 is 0 Å². The van der Waals surface area contributed by atoms with Crippen molar-refractivity contribution in [3.63, 3.8) is 0 Å². The van der Waals surface area contributed by atoms with E-state index in [2.05, 4.69) is 20.5 Å². The van der Waals surface area contributed by atoms with E-state index in [0.29, 0.717) is 25.1 Å². The average Bonchev–Trinajstić information content (AvgIpc) is 2.95. The SMILES string of the molecule is N#Cc1ccc(NCCCc2ncn[nH]2)cc1C(F)(F)F. The van der Waals surface area contributed by atoms with E-state index in [1.165, 1.54) is 18.5 Å². The number of nitrogens with zero attached hydrogens (tertiary/aromatic N) is 3. The van der Waals surface area contributed by atoms with Crippen molar-refractivity contribution in [3.8, 4) is 6.07 Å². The molecule has 0 radical (unpaired) electrons. The number of nitriles is 1. The highest BCUT2D eigenvalue weighted by Gasteiger charge is 2.33. The molecular weight excluding hydrogens is 283 g/mol. The molecule has 2 rings (SSSR count). The number of benzene rings is 1. The Morgan fingerprint density at radius 2 is 2.14 bits per heavy atom. The zero-order valence-electron chi connectivity index (χ0n) is 10.9. The minimum absolute atomic E-state index is 0.332. The van der Waals surface area contributed by atoms with Crippen LogP contribution in [0.1, 0.15) is 23.4 Å². The number of aryl methyl sites for hydroxylation is 1. The molecule has 0 fully saturated rings. The van der Waals surface area contributed by atoms with Crippen LogP contribution in [0.25, 0.3) is 0 Å². The fourth-order valence-corrected chi connectivity index (χ4v) is 1.83. The molecule has 0 aliphatic rings. The smallest absolute Gasteiger partial charge is 0.385 e. The van der Waals surface area contributed by atoms with E-state index in [-0.39, 0.29) is 5.56 Å². The van der Waals surface area contributed by atoms with Gasteiger partial charge in [0, 0.05) is 18.7 Å². The first-order chi connectivity index (χ1) is 10.0. The summed E-state index contributed by atoms with van der Waals surface area (Å²) in [5.74, 6) is 0.729. The largest absolute Gasteiger partial charge is 0.417 e. The number of hydrogen-bond acceptors (Lipinski definition) is 4. The van der Waals surface area contributed by atoms with Crippen LogP contribution >= 0.6 is 0 Å². The van der Waals surface area contributed by atoms with Crippen molar-refractivity contribution in [1.29, 1.82) is 5.26 Å². The number of H-pyrrole nitrogens is 1. The Morgan fingerprint density at radius 1 is 1.33 bits per heavy atom. The van der Waals surface area contributed by atoms with Gasteiger partial charge in [-0.05, 0) is 24.6 Å². The minimum atomic E-state index is -4.54. The fourth-order valence-electron chi connectivity index (χ4n) is 1.83. The maximum atomic E-state index is 12.8. The van der Waals surface area contributed by atoms with Crippen molar-refractivity contribution >= 4 is 5.69 Å². The summed E-state index contributed by atoms with van der Waals surface area (Å²) in [4.78, 5) is 3.95. The summed E-state index contributed by atoms with van der Waals surface area (Å²) in [6, 6.07) is 5.13. The minimum Gasteiger partial charge on any atom is -0.385 e. The molecule has 0 aliphatic carbocycles. The number of rotatable bonds is 5. The Balaban J connectivity index is 1.96. The third-order valence-electron chi connectivity index (χ3n) is 2.83. The van der Waals surface area contributed by atoms with Gasteiger partial charge in [-0.2, -0.15) is 23.5 Å². The highest BCUT2D eigenvalue weighted by Crippen LogP contribution is 2.33. The van der Waals surface area contributed by atoms with Crippen LogP contribution in [0.2, 0.25) is 0 Å². The van der Waals surface area contributed by atoms with Crippen LogP contribution in [0, 0.1) is 11.3 Å². The second kappa shape index (κ2) is 6.26. The van der Waals surface area contributed by atoms with E-state index in [0.717, 1.165) is 11.9 Å². The molecule has 1 aromatic heterocycles. The van der Waals surface area contributed by atoms with Gasteiger partial charge < -0.3 is 5.32 Å². The summed E-state index contributed by atoms with van der Waals surface area (Å²) < 4.78 is 38.4. The molecule has 0 aliphatic heterocycles. The molecule has 1 heterocycles. The summed E-state index contributed by atoms with van der Waals surface area (Å²) in [6.45, 7) is 0.490. The summed E-state index contributed by atoms with van der Waals surface area (Å²) in [6.07, 6.45) is -1.80. The van der Waals surface area contributed by atoms with E-state index < -0.39 is 11.7 Å². The summed E-state index contributed by atoms with van der Waals surface area (Å²) in [7, 11) is 0. The van der Waals surface area contributed by atoms with E-state index in [4.69, 9.17) is 5.26 Å². The van der Waals surface area contributed by atoms with Gasteiger partial charge in [-0.15, -0.1) is 0 Å². The lowest BCUT2D eigenvalue weighted by Crippen LogP contribution is -2.10. The number of alkyl halides is 3. The number of nitrogens with one attached hydrogen (secondary N) is 2. The molecule has 0 saturated heterocycles. The van der Waals surface area contributed by atoms with Crippen molar-refractivity contribution in [2.45, 2.75) is 19.0 Å². The molecule has 1 aromatic carbocycles. The monoisotopic (exact) mass is 295 g/mol. The molecule has 8 heteroatoms. The van der Waals surface area contributed by atoms with Gasteiger partial charge in [-0.3, -0.25) is 5.10 Å². The number of aromatic nitrogens is 3. The van der Waals surface area contributed by atoms with Gasteiger partial charge in [0.2, 0.25) is 0 Å². The van der Waals surface area contributed by atoms with E-state index in [1.807, 2.05) is 0 Å². The van der Waals surface area contributed by atoms with E-state index in [1.54, 1.807) is 6.07 Å². The maximum absolute atomic E-state index is 12.8. The molecule has 0 spiro atoms. The van der Waals surface area contributed by atoms with Gasteiger partial charge in [-0.1, -0.05) is 0 Å². The molecule has 110 valence electrons. The Morgan fingerprint density at radius 3 is 2.76 bits per heavy atom. The molecule has 0 bridgehead atoms. The normalized spacial score (nSPS) is 11.1. The van der Waals surface area contributed by atoms with Gasteiger partial charge in [0.25, 0.3) is 0 Å².